The first-order valence-corrected chi connectivity index (χ1v) is 7.45. The van der Waals surface area contributed by atoms with E-state index < -0.39 is 17.3 Å². The second-order valence-electron chi connectivity index (χ2n) is 5.85. The number of ether oxygens (including phenoxy) is 1. The summed E-state index contributed by atoms with van der Waals surface area (Å²) in [7, 11) is 1.57. The smallest absolute Gasteiger partial charge is 0.244 e. The Labute approximate surface area is 134 Å². The van der Waals surface area contributed by atoms with E-state index in [4.69, 9.17) is 10.5 Å². The Hall–Kier alpha value is -1.99. The number of piperidine rings is 1. The summed E-state index contributed by atoms with van der Waals surface area (Å²) < 4.78 is 18.9. The second kappa shape index (κ2) is 6.64. The van der Waals surface area contributed by atoms with Crippen molar-refractivity contribution in [2.45, 2.75) is 38.3 Å². The van der Waals surface area contributed by atoms with Gasteiger partial charge in [-0.1, -0.05) is 6.07 Å². The molecule has 1 aliphatic heterocycles. The number of hydrazine groups is 1. The first kappa shape index (κ1) is 17.4. The maximum atomic E-state index is 13.5. The van der Waals surface area contributed by atoms with E-state index >= 15 is 0 Å². The molecule has 7 heteroatoms. The highest BCUT2D eigenvalue weighted by atomic mass is 19.1. The topological polar surface area (TPSA) is 84.7 Å². The van der Waals surface area contributed by atoms with Crippen molar-refractivity contribution in [1.82, 2.24) is 10.4 Å². The minimum absolute atomic E-state index is 0.183. The molecule has 126 valence electrons. The first-order valence-electron chi connectivity index (χ1n) is 7.45. The fraction of sp³-hybridized carbons (Fsp3) is 0.500. The highest BCUT2D eigenvalue weighted by Gasteiger charge is 2.50. The number of hydrogen-bond donors (Lipinski definition) is 2. The normalized spacial score (nSPS) is 25.1. The van der Waals surface area contributed by atoms with Crippen LogP contribution in [0.15, 0.2) is 18.2 Å². The molecule has 2 rings (SSSR count). The maximum absolute atomic E-state index is 13.5. The Morgan fingerprint density at radius 3 is 2.70 bits per heavy atom. The third-order valence-electron chi connectivity index (χ3n) is 4.33. The third-order valence-corrected chi connectivity index (χ3v) is 4.33. The van der Waals surface area contributed by atoms with Crippen molar-refractivity contribution in [3.05, 3.63) is 35.1 Å². The molecule has 0 aliphatic carbocycles. The Bertz CT molecular complexity index is 623. The molecule has 1 saturated heterocycles. The van der Waals surface area contributed by atoms with Gasteiger partial charge in [-0.05, 0) is 36.6 Å². The number of benzene rings is 1. The van der Waals surface area contributed by atoms with Gasteiger partial charge in [0.1, 0.15) is 11.4 Å². The number of hydrogen-bond acceptors (Lipinski definition) is 4. The summed E-state index contributed by atoms with van der Waals surface area (Å²) >= 11 is 0. The number of nitrogens with one attached hydrogen (secondary N) is 1. The predicted molar refractivity (Wildman–Crippen MR) is 82.6 cm³/mol. The van der Waals surface area contributed by atoms with Crippen molar-refractivity contribution < 1.29 is 18.7 Å². The standard InChI is InChI=1S/C16H22FN3O3/c1-10-8-12(17)4-5-14(10)16(15(18)22)9-13(23-3)6-7-20(16)19-11(2)21/h4-5,8,13H,6-7,9H2,1-3H3,(H2,18,22)(H,19,21). The number of primary amides is 1. The third kappa shape index (κ3) is 3.20. The van der Waals surface area contributed by atoms with E-state index in [1.165, 1.54) is 19.1 Å². The fourth-order valence-electron chi connectivity index (χ4n) is 3.26. The van der Waals surface area contributed by atoms with Crippen LogP contribution in [0.2, 0.25) is 0 Å². The van der Waals surface area contributed by atoms with Gasteiger partial charge in [0.15, 0.2) is 0 Å². The lowest BCUT2D eigenvalue weighted by molar-refractivity contribution is -0.149. The van der Waals surface area contributed by atoms with E-state index in [1.807, 2.05) is 0 Å². The average Bonchev–Trinajstić information content (AvgIpc) is 2.47. The summed E-state index contributed by atoms with van der Waals surface area (Å²) in [4.78, 5) is 24.0. The Balaban J connectivity index is 2.60. The Morgan fingerprint density at radius 1 is 1.48 bits per heavy atom. The molecule has 0 radical (unpaired) electrons. The molecule has 0 spiro atoms. The molecule has 1 aliphatic rings. The summed E-state index contributed by atoms with van der Waals surface area (Å²) in [5.74, 6) is -1.30. The molecule has 0 saturated carbocycles. The molecule has 23 heavy (non-hydrogen) atoms. The van der Waals surface area contributed by atoms with Gasteiger partial charge in [0, 0.05) is 27.0 Å². The Kier molecular flexibility index (Phi) is 5.01. The number of amides is 2. The van der Waals surface area contributed by atoms with Gasteiger partial charge in [-0.25, -0.2) is 9.40 Å². The van der Waals surface area contributed by atoms with Crippen LogP contribution in [0.3, 0.4) is 0 Å². The Morgan fingerprint density at radius 2 is 2.17 bits per heavy atom. The predicted octanol–water partition coefficient (Wildman–Crippen LogP) is 0.977. The summed E-state index contributed by atoms with van der Waals surface area (Å²) in [6.07, 6.45) is 0.745. The van der Waals surface area contributed by atoms with Crippen molar-refractivity contribution in [1.29, 1.82) is 0 Å². The molecule has 1 heterocycles. The number of halogens is 1. The first-order chi connectivity index (χ1) is 10.8. The molecule has 0 bridgehead atoms. The minimum Gasteiger partial charge on any atom is -0.381 e. The molecular formula is C16H22FN3O3. The maximum Gasteiger partial charge on any atom is 0.244 e. The van der Waals surface area contributed by atoms with E-state index in [0.29, 0.717) is 24.1 Å². The second-order valence-corrected chi connectivity index (χ2v) is 5.85. The fourth-order valence-corrected chi connectivity index (χ4v) is 3.26. The lowest BCUT2D eigenvalue weighted by Gasteiger charge is -2.47. The molecule has 1 aromatic carbocycles. The van der Waals surface area contributed by atoms with Crippen molar-refractivity contribution in [3.63, 3.8) is 0 Å². The highest BCUT2D eigenvalue weighted by molar-refractivity contribution is 5.87. The minimum atomic E-state index is -1.28. The number of nitrogens with two attached hydrogens (primary N) is 1. The zero-order chi connectivity index (χ0) is 17.2. The van der Waals surface area contributed by atoms with Gasteiger partial charge in [0.2, 0.25) is 11.8 Å². The number of methoxy groups -OCH3 is 1. The number of carbonyl (C=O) groups excluding carboxylic acids is 2. The average molecular weight is 323 g/mol. The van der Waals surface area contributed by atoms with Gasteiger partial charge in [0.05, 0.1) is 6.10 Å². The molecule has 1 aromatic rings. The van der Waals surface area contributed by atoms with Gasteiger partial charge in [-0.2, -0.15) is 0 Å². The van der Waals surface area contributed by atoms with Gasteiger partial charge >= 0.3 is 0 Å². The van der Waals surface area contributed by atoms with E-state index in [-0.39, 0.29) is 18.4 Å². The van der Waals surface area contributed by atoms with Crippen molar-refractivity contribution in [3.8, 4) is 0 Å². The van der Waals surface area contributed by atoms with Crippen LogP contribution < -0.4 is 11.2 Å². The summed E-state index contributed by atoms with van der Waals surface area (Å²) in [5.41, 5.74) is 8.32. The number of nitrogens with zero attached hydrogens (tertiary/aromatic N) is 1. The summed E-state index contributed by atoms with van der Waals surface area (Å²) in [6, 6.07) is 4.18. The van der Waals surface area contributed by atoms with Gasteiger partial charge in [-0.3, -0.25) is 15.0 Å². The zero-order valence-corrected chi connectivity index (χ0v) is 13.6. The van der Waals surface area contributed by atoms with Crippen LogP contribution in [0, 0.1) is 12.7 Å². The van der Waals surface area contributed by atoms with Crippen LogP contribution in [-0.4, -0.2) is 36.6 Å². The zero-order valence-electron chi connectivity index (χ0n) is 13.6. The molecular weight excluding hydrogens is 301 g/mol. The highest BCUT2D eigenvalue weighted by Crippen LogP contribution is 2.39. The van der Waals surface area contributed by atoms with E-state index in [0.717, 1.165) is 0 Å². The van der Waals surface area contributed by atoms with E-state index in [1.54, 1.807) is 25.1 Å². The van der Waals surface area contributed by atoms with Crippen LogP contribution in [0.4, 0.5) is 4.39 Å². The van der Waals surface area contributed by atoms with Crippen LogP contribution in [0.1, 0.15) is 30.9 Å². The van der Waals surface area contributed by atoms with Crippen molar-refractivity contribution in [2.24, 2.45) is 5.73 Å². The molecule has 2 atom stereocenters. The molecule has 3 N–H and O–H groups in total. The van der Waals surface area contributed by atoms with E-state index in [2.05, 4.69) is 5.43 Å². The van der Waals surface area contributed by atoms with E-state index in [9.17, 15) is 14.0 Å². The SMILES string of the molecule is COC1CCN(NC(C)=O)C(C(N)=O)(c2ccc(F)cc2C)C1. The quantitative estimate of drug-likeness (QED) is 0.865. The van der Waals surface area contributed by atoms with Crippen LogP contribution in [0.25, 0.3) is 0 Å². The molecule has 2 unspecified atom stereocenters. The number of rotatable bonds is 4. The lowest BCUT2D eigenvalue weighted by atomic mass is 9.77. The van der Waals surface area contributed by atoms with Crippen LogP contribution in [-0.2, 0) is 19.9 Å². The van der Waals surface area contributed by atoms with Crippen LogP contribution in [0.5, 0.6) is 0 Å². The van der Waals surface area contributed by atoms with Crippen LogP contribution >= 0.6 is 0 Å². The lowest BCUT2D eigenvalue weighted by Crippen LogP contribution is -2.65. The molecule has 6 nitrogen and oxygen atoms in total. The van der Waals surface area contributed by atoms with Crippen molar-refractivity contribution >= 4 is 11.8 Å². The molecule has 0 aromatic heterocycles. The number of carbonyl (C=O) groups is 2. The molecule has 2 amide bonds. The summed E-state index contributed by atoms with van der Waals surface area (Å²) in [5, 5.41) is 1.55. The summed E-state index contributed by atoms with van der Waals surface area (Å²) in [6.45, 7) is 3.48. The molecule has 1 fully saturated rings. The van der Waals surface area contributed by atoms with Gasteiger partial charge in [0.25, 0.3) is 0 Å². The van der Waals surface area contributed by atoms with Gasteiger partial charge < -0.3 is 10.5 Å². The van der Waals surface area contributed by atoms with Crippen molar-refractivity contribution in [2.75, 3.05) is 13.7 Å². The number of aryl methyl sites for hydroxylation is 1. The van der Waals surface area contributed by atoms with Gasteiger partial charge in [-0.15, -0.1) is 0 Å². The largest absolute Gasteiger partial charge is 0.381 e. The monoisotopic (exact) mass is 323 g/mol.